The van der Waals surface area contributed by atoms with Gasteiger partial charge in [0.05, 0.1) is 23.2 Å². The van der Waals surface area contributed by atoms with Crippen LogP contribution in [0.2, 0.25) is 0 Å². The maximum absolute atomic E-state index is 14.5. The number of aromatic nitrogens is 3. The highest BCUT2D eigenvalue weighted by atomic mass is 32.2. The van der Waals surface area contributed by atoms with Crippen molar-refractivity contribution in [2.45, 2.75) is 130 Å². The van der Waals surface area contributed by atoms with E-state index in [9.17, 15) is 22.4 Å². The molecule has 0 aliphatic heterocycles. The summed E-state index contributed by atoms with van der Waals surface area (Å²) in [4.78, 5) is 24.0. The minimum Gasteiger partial charge on any atom is -0.773 e. The molecule has 0 radical (unpaired) electrons. The Labute approximate surface area is 336 Å². The number of benzene rings is 2. The first kappa shape index (κ1) is 47.5. The van der Waals surface area contributed by atoms with E-state index in [1.807, 2.05) is 39.8 Å². The summed E-state index contributed by atoms with van der Waals surface area (Å²) in [5.41, 5.74) is 11.3. The zero-order chi connectivity index (χ0) is 42.8. The molecule has 0 bridgehead atoms. The first-order chi connectivity index (χ1) is 26.7. The fourth-order valence-electron chi connectivity index (χ4n) is 7.07. The summed E-state index contributed by atoms with van der Waals surface area (Å²) in [5.74, 6) is -4.30. The number of halogens is 4. The molecule has 314 valence electrons. The molecule has 2 unspecified atom stereocenters. The quantitative estimate of drug-likeness (QED) is 0.0823. The molecule has 1 aliphatic rings. The molecule has 2 aromatic carbocycles. The number of hydrogen-bond donors (Lipinski definition) is 2. The lowest BCUT2D eigenvalue weighted by atomic mass is 9.84. The van der Waals surface area contributed by atoms with Gasteiger partial charge < -0.3 is 20.4 Å². The van der Waals surface area contributed by atoms with Gasteiger partial charge >= 0.3 is 0 Å². The molecule has 14 heteroatoms. The number of methoxy groups -OCH3 is 1. The van der Waals surface area contributed by atoms with Crippen LogP contribution in [0.4, 0.5) is 17.6 Å². The highest BCUT2D eigenvalue weighted by Crippen LogP contribution is 2.41. The van der Waals surface area contributed by atoms with E-state index in [0.29, 0.717) is 46.3 Å². The van der Waals surface area contributed by atoms with Gasteiger partial charge in [-0.3, -0.25) is 13.6 Å². The third kappa shape index (κ3) is 12.8. The van der Waals surface area contributed by atoms with Gasteiger partial charge in [-0.25, -0.2) is 27.5 Å². The predicted octanol–water partition coefficient (Wildman–Crippen LogP) is 9.50. The van der Waals surface area contributed by atoms with E-state index in [4.69, 9.17) is 34.6 Å². The lowest BCUT2D eigenvalue weighted by Gasteiger charge is -2.28. The standard InChI is InChI=1S/C35H39F4N5O.C7H16O.CH4O2S/c1-6-22-7-8-28(20(5)30(22)31(41)18(2)3)44-33(26(40)16-21-14-24(36)17-25(37)15-21)43-32-29(34(44)45)19(4)13-27(42-32)23-9-11-35(38,39)12-10-23;1-4-5-6-7(2)8-3;1-4(2)3/h7-8,13-15,17-18,23,26,41H,6,9-12,16,40H2,1-5H3;7H,4-6H2,1-3H3;1H3,(H,2,3)/p-1/t;7-;/m.0./s1. The topological polar surface area (TPSA) is 147 Å². The fraction of sp³-hybridized carbons (Fsp3) is 0.535. The molecule has 0 saturated heterocycles. The number of nitrogens with one attached hydrogen (secondary N) is 1. The van der Waals surface area contributed by atoms with Crippen LogP contribution in [0.25, 0.3) is 16.7 Å². The van der Waals surface area contributed by atoms with Crippen LogP contribution in [0.1, 0.15) is 131 Å². The van der Waals surface area contributed by atoms with Gasteiger partial charge in [0.1, 0.15) is 17.5 Å². The summed E-state index contributed by atoms with van der Waals surface area (Å²) in [6.07, 6.45) is 6.04. The Kier molecular flexibility index (Phi) is 17.7. The molecule has 9 nitrogen and oxygen atoms in total. The summed E-state index contributed by atoms with van der Waals surface area (Å²) in [7, 11) is 1.76. The van der Waals surface area contributed by atoms with E-state index in [0.717, 1.165) is 23.4 Å². The number of rotatable bonds is 12. The van der Waals surface area contributed by atoms with Crippen LogP contribution in [-0.4, -0.2) is 54.4 Å². The van der Waals surface area contributed by atoms with Crippen molar-refractivity contribution in [3.63, 3.8) is 0 Å². The second-order valence-electron chi connectivity index (χ2n) is 15.1. The number of ether oxygens (including phenoxy) is 1. The van der Waals surface area contributed by atoms with E-state index in [1.165, 1.54) is 36.0 Å². The van der Waals surface area contributed by atoms with Gasteiger partial charge in [-0.15, -0.1) is 0 Å². The largest absolute Gasteiger partial charge is 0.773 e. The Balaban J connectivity index is 0.000000632. The van der Waals surface area contributed by atoms with Gasteiger partial charge in [-0.05, 0) is 112 Å². The highest BCUT2D eigenvalue weighted by Gasteiger charge is 2.36. The minimum absolute atomic E-state index is 0.0240. The Morgan fingerprint density at radius 1 is 1.07 bits per heavy atom. The minimum atomic E-state index is -2.69. The van der Waals surface area contributed by atoms with Crippen molar-refractivity contribution >= 4 is 27.8 Å². The first-order valence-corrected chi connectivity index (χ1v) is 21.0. The van der Waals surface area contributed by atoms with E-state index >= 15 is 0 Å². The van der Waals surface area contributed by atoms with Crippen LogP contribution < -0.4 is 11.3 Å². The van der Waals surface area contributed by atoms with Crippen molar-refractivity contribution in [2.24, 2.45) is 11.7 Å². The summed E-state index contributed by atoms with van der Waals surface area (Å²) >= 11 is -1.86. The molecule has 0 amide bonds. The van der Waals surface area contributed by atoms with Crippen molar-refractivity contribution < 1.29 is 31.1 Å². The Bertz CT molecular complexity index is 2060. The number of alkyl halides is 2. The number of unbranched alkanes of at least 4 members (excludes halogenated alkanes) is 1. The number of nitrogens with two attached hydrogens (primary N) is 1. The van der Waals surface area contributed by atoms with E-state index in [1.54, 1.807) is 20.1 Å². The zero-order valence-corrected chi connectivity index (χ0v) is 35.4. The highest BCUT2D eigenvalue weighted by molar-refractivity contribution is 7.78. The second-order valence-corrected chi connectivity index (χ2v) is 16.0. The molecular formula is C43H58F4N5O4S-. The number of nitrogens with zero attached hydrogens (tertiary/aromatic N) is 3. The third-order valence-corrected chi connectivity index (χ3v) is 10.3. The number of hydrogen-bond acceptors (Lipinski definition) is 8. The normalized spacial score (nSPS) is 15.6. The molecule has 57 heavy (non-hydrogen) atoms. The molecule has 3 atom stereocenters. The van der Waals surface area contributed by atoms with Crippen LogP contribution in [0.5, 0.6) is 0 Å². The molecule has 4 aromatic rings. The van der Waals surface area contributed by atoms with Crippen LogP contribution in [0.15, 0.2) is 41.2 Å². The van der Waals surface area contributed by atoms with Crippen molar-refractivity contribution in [2.75, 3.05) is 13.4 Å². The van der Waals surface area contributed by atoms with Gasteiger partial charge in [0, 0.05) is 48.9 Å². The summed E-state index contributed by atoms with van der Waals surface area (Å²) in [6.45, 7) is 13.8. The first-order valence-electron chi connectivity index (χ1n) is 19.5. The average Bonchev–Trinajstić information content (AvgIpc) is 3.12. The smallest absolute Gasteiger partial charge is 0.267 e. The van der Waals surface area contributed by atoms with E-state index in [2.05, 4.69) is 13.8 Å². The third-order valence-electron chi connectivity index (χ3n) is 10.3. The van der Waals surface area contributed by atoms with E-state index < -0.39 is 40.2 Å². The number of pyridine rings is 1. The Morgan fingerprint density at radius 3 is 2.19 bits per heavy atom. The Morgan fingerprint density at radius 2 is 1.67 bits per heavy atom. The maximum Gasteiger partial charge on any atom is 0.267 e. The molecule has 1 aliphatic carbocycles. The van der Waals surface area contributed by atoms with Crippen molar-refractivity contribution in [1.29, 1.82) is 5.41 Å². The van der Waals surface area contributed by atoms with Crippen LogP contribution >= 0.6 is 0 Å². The van der Waals surface area contributed by atoms with Gasteiger partial charge in [-0.1, -0.05) is 57.7 Å². The molecular weight excluding hydrogens is 759 g/mol. The van der Waals surface area contributed by atoms with Gasteiger partial charge in [0.25, 0.3) is 5.56 Å². The number of aryl methyl sites for hydroxylation is 2. The SMILES string of the molecule is CCCC[C@H](C)OC.CCc1ccc(-n2c(C(N)Cc3cc(F)cc(F)c3)nc3nc(C4CCC(F)(F)CC4)cc(C)c3c2=O)c(C)c1C(=N)C(C)C.CS(=O)[O-]. The van der Waals surface area contributed by atoms with Crippen LogP contribution in [-0.2, 0) is 28.7 Å². The molecule has 0 spiro atoms. The van der Waals surface area contributed by atoms with Crippen LogP contribution in [0, 0.1) is 36.8 Å². The summed E-state index contributed by atoms with van der Waals surface area (Å²) < 4.78 is 80.5. The van der Waals surface area contributed by atoms with Gasteiger partial charge in [0.15, 0.2) is 5.65 Å². The molecule has 3 N–H and O–H groups in total. The molecule has 2 heterocycles. The second kappa shape index (κ2) is 21.2. The van der Waals surface area contributed by atoms with Crippen LogP contribution in [0.3, 0.4) is 0 Å². The van der Waals surface area contributed by atoms with Gasteiger partial charge in [-0.2, -0.15) is 0 Å². The lowest BCUT2D eigenvalue weighted by Crippen LogP contribution is -2.31. The molecule has 2 aromatic heterocycles. The number of fused-ring (bicyclic) bond motifs is 1. The Hall–Kier alpha value is -3.85. The van der Waals surface area contributed by atoms with Gasteiger partial charge in [0.2, 0.25) is 5.92 Å². The molecule has 1 fully saturated rings. The fourth-order valence-corrected chi connectivity index (χ4v) is 7.07. The monoisotopic (exact) mass is 816 g/mol. The zero-order valence-electron chi connectivity index (χ0n) is 34.6. The van der Waals surface area contributed by atoms with Crippen molar-refractivity contribution in [3.8, 4) is 5.69 Å². The molecule has 1 saturated carbocycles. The summed E-state index contributed by atoms with van der Waals surface area (Å²) in [5, 5.41) is 9.13. The van der Waals surface area contributed by atoms with Crippen molar-refractivity contribution in [1.82, 2.24) is 14.5 Å². The molecule has 5 rings (SSSR count). The van der Waals surface area contributed by atoms with E-state index in [-0.39, 0.29) is 60.8 Å². The summed E-state index contributed by atoms with van der Waals surface area (Å²) in [6, 6.07) is 7.68. The predicted molar refractivity (Wildman–Crippen MR) is 220 cm³/mol. The maximum atomic E-state index is 14.5. The average molecular weight is 817 g/mol. The van der Waals surface area contributed by atoms with Crippen molar-refractivity contribution in [3.05, 3.63) is 97.7 Å². The lowest BCUT2D eigenvalue weighted by molar-refractivity contribution is -0.0384.